The lowest BCUT2D eigenvalue weighted by atomic mass is 10.4. The van der Waals surface area contributed by atoms with Gasteiger partial charge in [-0.25, -0.2) is 23.0 Å². The molecule has 23 heavy (non-hydrogen) atoms. The highest BCUT2D eigenvalue weighted by atomic mass is 32.2. The van der Waals surface area contributed by atoms with E-state index in [0.717, 1.165) is 23.2 Å². The Hall–Kier alpha value is -2.01. The average molecular weight is 351 g/mol. The number of halogens is 3. The second kappa shape index (κ2) is 6.24. The van der Waals surface area contributed by atoms with Gasteiger partial charge in [0.05, 0.1) is 6.42 Å². The van der Waals surface area contributed by atoms with Gasteiger partial charge in [0, 0.05) is 25.6 Å². The number of carbonyl (C=O) groups is 2. The minimum atomic E-state index is -4.47. The molecule has 1 aliphatic rings. The Labute approximate surface area is 129 Å². The Morgan fingerprint density at radius 2 is 1.78 bits per heavy atom. The molecule has 7 nitrogen and oxygen atoms in total. The van der Waals surface area contributed by atoms with Gasteiger partial charge in [-0.1, -0.05) is 0 Å². The number of nitrogens with zero attached hydrogens (tertiary/aromatic N) is 2. The van der Waals surface area contributed by atoms with Crippen molar-refractivity contribution in [2.75, 3.05) is 11.4 Å². The highest BCUT2D eigenvalue weighted by molar-refractivity contribution is 7.89. The van der Waals surface area contributed by atoms with Gasteiger partial charge in [0.15, 0.2) is 0 Å². The van der Waals surface area contributed by atoms with E-state index in [1.807, 2.05) is 0 Å². The summed E-state index contributed by atoms with van der Waals surface area (Å²) in [5.41, 5.74) is 0. The molecule has 0 bridgehead atoms. The molecule has 126 valence electrons. The highest BCUT2D eigenvalue weighted by Crippen LogP contribution is 2.22. The van der Waals surface area contributed by atoms with E-state index >= 15 is 0 Å². The molecule has 1 aromatic rings. The van der Waals surface area contributed by atoms with Gasteiger partial charge in [-0.15, -0.1) is 0 Å². The van der Waals surface area contributed by atoms with Crippen LogP contribution in [-0.2, 0) is 19.6 Å². The maximum absolute atomic E-state index is 12.0. The Morgan fingerprint density at radius 3 is 2.26 bits per heavy atom. The zero-order chi connectivity index (χ0) is 17.3. The molecule has 0 aromatic carbocycles. The number of alkyl halides is 3. The quantitative estimate of drug-likeness (QED) is 0.797. The third-order valence-corrected chi connectivity index (χ3v) is 4.46. The van der Waals surface area contributed by atoms with Crippen LogP contribution >= 0.6 is 0 Å². The van der Waals surface area contributed by atoms with Gasteiger partial charge in [-0.05, 0) is 12.1 Å². The molecule has 1 fully saturated rings. The van der Waals surface area contributed by atoms with Gasteiger partial charge in [-0.2, -0.15) is 13.2 Å². The number of rotatable bonds is 5. The summed E-state index contributed by atoms with van der Waals surface area (Å²) in [5, 5.41) is 0. The first kappa shape index (κ1) is 17.3. The first-order valence-corrected chi connectivity index (χ1v) is 7.97. The van der Waals surface area contributed by atoms with E-state index in [2.05, 4.69) is 4.98 Å². The lowest BCUT2D eigenvalue weighted by Crippen LogP contribution is -2.30. The summed E-state index contributed by atoms with van der Waals surface area (Å²) in [6, 6.07) is 2.22. The minimum Gasteiger partial charge on any atom is -0.274 e. The zero-order valence-electron chi connectivity index (χ0n) is 11.6. The summed E-state index contributed by atoms with van der Waals surface area (Å²) in [7, 11) is -4.15. The molecule has 1 aliphatic heterocycles. The lowest BCUT2D eigenvalue weighted by molar-refractivity contribution is -0.132. The van der Waals surface area contributed by atoms with Gasteiger partial charge in [0.25, 0.3) is 0 Å². The average Bonchev–Trinajstić information content (AvgIpc) is 2.76. The van der Waals surface area contributed by atoms with Crippen LogP contribution in [0.1, 0.15) is 19.3 Å². The van der Waals surface area contributed by atoms with Crippen molar-refractivity contribution in [1.82, 2.24) is 9.71 Å². The summed E-state index contributed by atoms with van der Waals surface area (Å²) in [4.78, 5) is 27.3. The first-order valence-electron chi connectivity index (χ1n) is 6.48. The van der Waals surface area contributed by atoms with E-state index < -0.39 is 41.0 Å². The zero-order valence-corrected chi connectivity index (χ0v) is 12.4. The van der Waals surface area contributed by atoms with Crippen LogP contribution < -0.4 is 9.62 Å². The van der Waals surface area contributed by atoms with Gasteiger partial charge in [-0.3, -0.25) is 9.59 Å². The topological polar surface area (TPSA) is 96.4 Å². The normalized spacial score (nSPS) is 16.2. The van der Waals surface area contributed by atoms with Crippen molar-refractivity contribution in [2.45, 2.75) is 30.3 Å². The van der Waals surface area contributed by atoms with Crippen molar-refractivity contribution < 1.29 is 31.2 Å². The van der Waals surface area contributed by atoms with E-state index in [9.17, 15) is 31.2 Å². The molecule has 0 saturated carbocycles. The smallest absolute Gasteiger partial charge is 0.274 e. The predicted octanol–water partition coefficient (Wildman–Crippen LogP) is 0.966. The molecule has 0 unspecified atom stereocenters. The van der Waals surface area contributed by atoms with Crippen LogP contribution in [0.4, 0.5) is 19.0 Å². The summed E-state index contributed by atoms with van der Waals surface area (Å²) in [6.45, 7) is -0.795. The molecule has 2 amide bonds. The predicted molar refractivity (Wildman–Crippen MR) is 71.8 cm³/mol. The summed E-state index contributed by atoms with van der Waals surface area (Å²) in [5.74, 6) is -0.908. The number of hydrogen-bond acceptors (Lipinski definition) is 5. The number of amides is 2. The molecule has 2 rings (SSSR count). The monoisotopic (exact) mass is 351 g/mol. The van der Waals surface area contributed by atoms with Crippen LogP contribution in [-0.4, -0.2) is 37.9 Å². The van der Waals surface area contributed by atoms with Crippen molar-refractivity contribution in [3.63, 3.8) is 0 Å². The van der Waals surface area contributed by atoms with E-state index in [4.69, 9.17) is 0 Å². The van der Waals surface area contributed by atoms with Crippen molar-refractivity contribution in [3.05, 3.63) is 18.3 Å². The lowest BCUT2D eigenvalue weighted by Gasteiger charge is -2.13. The Balaban J connectivity index is 2.09. The molecule has 0 spiro atoms. The van der Waals surface area contributed by atoms with Crippen LogP contribution in [0.3, 0.4) is 0 Å². The Morgan fingerprint density at radius 1 is 1.17 bits per heavy atom. The minimum absolute atomic E-state index is 0.0215. The molecule has 1 N–H and O–H groups in total. The fourth-order valence-corrected chi connectivity index (χ4v) is 2.88. The number of nitrogens with one attached hydrogen (secondary N) is 1. The fourth-order valence-electron chi connectivity index (χ4n) is 1.91. The molecule has 0 aliphatic carbocycles. The van der Waals surface area contributed by atoms with Crippen LogP contribution in [0.25, 0.3) is 0 Å². The summed E-state index contributed by atoms with van der Waals surface area (Å²) >= 11 is 0. The Kier molecular flexibility index (Phi) is 4.71. The maximum Gasteiger partial charge on any atom is 0.390 e. The van der Waals surface area contributed by atoms with Gasteiger partial charge in [0.1, 0.15) is 10.7 Å². The second-order valence-electron chi connectivity index (χ2n) is 4.74. The molecule has 2 heterocycles. The maximum atomic E-state index is 12.0. The Bertz CT molecular complexity index is 700. The van der Waals surface area contributed by atoms with Crippen molar-refractivity contribution >= 4 is 27.7 Å². The van der Waals surface area contributed by atoms with Crippen LogP contribution in [0.15, 0.2) is 23.2 Å². The second-order valence-corrected chi connectivity index (χ2v) is 6.50. The van der Waals surface area contributed by atoms with Crippen molar-refractivity contribution in [2.24, 2.45) is 0 Å². The largest absolute Gasteiger partial charge is 0.390 e. The van der Waals surface area contributed by atoms with Crippen LogP contribution in [0.2, 0.25) is 0 Å². The van der Waals surface area contributed by atoms with Crippen molar-refractivity contribution in [3.8, 4) is 0 Å². The summed E-state index contributed by atoms with van der Waals surface area (Å²) in [6.07, 6.45) is -4.78. The number of imide groups is 1. The van der Waals surface area contributed by atoms with Crippen LogP contribution in [0, 0.1) is 0 Å². The molecule has 0 atom stereocenters. The van der Waals surface area contributed by atoms with E-state index in [1.54, 1.807) is 4.72 Å². The molecule has 0 radical (unpaired) electrons. The number of pyridine rings is 1. The molecule has 11 heteroatoms. The number of anilines is 1. The molecular weight excluding hydrogens is 339 g/mol. The standard InChI is InChI=1S/C12H12F3N3O4S/c13-12(14,15)5-6-17-23(21,22)8-1-2-9(16-7-8)18-10(19)3-4-11(18)20/h1-2,7,17H,3-6H2. The number of sulfonamides is 1. The van der Waals surface area contributed by atoms with E-state index in [1.165, 1.54) is 0 Å². The highest BCUT2D eigenvalue weighted by Gasteiger charge is 2.31. The molecule has 1 saturated heterocycles. The number of hydrogen-bond donors (Lipinski definition) is 1. The van der Waals surface area contributed by atoms with Crippen LogP contribution in [0.5, 0.6) is 0 Å². The van der Waals surface area contributed by atoms with Crippen molar-refractivity contribution in [1.29, 1.82) is 0 Å². The van der Waals surface area contributed by atoms with Gasteiger partial charge in [0.2, 0.25) is 21.8 Å². The molecular formula is C12H12F3N3O4S. The number of aromatic nitrogens is 1. The van der Waals surface area contributed by atoms with E-state index in [0.29, 0.717) is 0 Å². The SMILES string of the molecule is O=C1CCC(=O)N1c1ccc(S(=O)(=O)NCCC(F)(F)F)cn1. The first-order chi connectivity index (χ1) is 10.6. The third kappa shape index (κ3) is 4.26. The third-order valence-electron chi connectivity index (χ3n) is 3.01. The molecule has 1 aromatic heterocycles. The number of carbonyl (C=O) groups excluding carboxylic acids is 2. The van der Waals surface area contributed by atoms with Gasteiger partial charge < -0.3 is 0 Å². The summed E-state index contributed by atoms with van der Waals surface area (Å²) < 4.78 is 61.5. The van der Waals surface area contributed by atoms with Gasteiger partial charge >= 0.3 is 6.18 Å². The fraction of sp³-hybridized carbons (Fsp3) is 0.417. The van der Waals surface area contributed by atoms with E-state index in [-0.39, 0.29) is 23.6 Å².